The summed E-state index contributed by atoms with van der Waals surface area (Å²) in [6.07, 6.45) is -0.341. The predicted molar refractivity (Wildman–Crippen MR) is 111 cm³/mol. The van der Waals surface area contributed by atoms with Gasteiger partial charge in [0.2, 0.25) is 11.7 Å². The molecule has 0 amide bonds. The van der Waals surface area contributed by atoms with Crippen molar-refractivity contribution >= 4 is 33.3 Å². The van der Waals surface area contributed by atoms with Gasteiger partial charge in [0.15, 0.2) is 5.16 Å². The molecule has 0 bridgehead atoms. The number of alkyl halides is 3. The van der Waals surface area contributed by atoms with Gasteiger partial charge in [-0.05, 0) is 43.4 Å². The Morgan fingerprint density at radius 2 is 2.03 bits per heavy atom. The molecule has 0 fully saturated rings. The fourth-order valence-corrected chi connectivity index (χ4v) is 5.63. The number of thiophene rings is 1. The third-order valence-corrected chi connectivity index (χ3v) is 7.10. The molecule has 4 aromatic rings. The highest BCUT2D eigenvalue weighted by atomic mass is 32.2. The maximum Gasteiger partial charge on any atom is 0.416 e. The first kappa shape index (κ1) is 20.3. The number of thioether (sulfide) groups is 1. The number of H-pyrrole nitrogens is 1. The summed E-state index contributed by atoms with van der Waals surface area (Å²) in [5, 5.41) is 4.90. The highest BCUT2D eigenvalue weighted by Gasteiger charge is 2.30. The molecular weight excluding hydrogens is 449 g/mol. The van der Waals surface area contributed by atoms with E-state index in [0.717, 1.165) is 48.2 Å². The van der Waals surface area contributed by atoms with Crippen LogP contribution in [0.2, 0.25) is 0 Å². The molecule has 1 aliphatic carbocycles. The van der Waals surface area contributed by atoms with Gasteiger partial charge in [-0.3, -0.25) is 4.79 Å². The molecule has 160 valence electrons. The summed E-state index contributed by atoms with van der Waals surface area (Å²) < 4.78 is 43.9. The van der Waals surface area contributed by atoms with E-state index in [4.69, 9.17) is 4.52 Å². The van der Waals surface area contributed by atoms with Gasteiger partial charge in [-0.2, -0.15) is 18.2 Å². The molecule has 1 N–H and O–H groups in total. The van der Waals surface area contributed by atoms with Crippen LogP contribution in [0.3, 0.4) is 0 Å². The van der Waals surface area contributed by atoms with E-state index in [2.05, 4.69) is 20.1 Å². The molecular formula is C20H15F3N4O2S2. The van der Waals surface area contributed by atoms with Crippen LogP contribution in [-0.4, -0.2) is 20.1 Å². The van der Waals surface area contributed by atoms with Crippen LogP contribution in [0.25, 0.3) is 21.6 Å². The number of hydrogen-bond acceptors (Lipinski definition) is 7. The van der Waals surface area contributed by atoms with Gasteiger partial charge in [-0.25, -0.2) is 4.98 Å². The van der Waals surface area contributed by atoms with E-state index in [1.807, 2.05) is 0 Å². The summed E-state index contributed by atoms with van der Waals surface area (Å²) in [4.78, 5) is 26.1. The number of aromatic nitrogens is 4. The Balaban J connectivity index is 1.35. The second-order valence-electron chi connectivity index (χ2n) is 7.14. The molecule has 0 aliphatic heterocycles. The highest BCUT2D eigenvalue weighted by Crippen LogP contribution is 2.35. The Morgan fingerprint density at radius 3 is 2.87 bits per heavy atom. The van der Waals surface area contributed by atoms with Crippen molar-refractivity contribution in [3.05, 3.63) is 56.5 Å². The number of hydrogen-bond donors (Lipinski definition) is 1. The van der Waals surface area contributed by atoms with Gasteiger partial charge < -0.3 is 9.51 Å². The molecule has 31 heavy (non-hydrogen) atoms. The summed E-state index contributed by atoms with van der Waals surface area (Å²) in [7, 11) is 0. The second kappa shape index (κ2) is 7.79. The molecule has 0 spiro atoms. The number of aromatic amines is 1. The lowest BCUT2D eigenvalue weighted by Gasteiger charge is -2.09. The van der Waals surface area contributed by atoms with Crippen molar-refractivity contribution in [2.75, 3.05) is 0 Å². The summed E-state index contributed by atoms with van der Waals surface area (Å²) in [5.74, 6) is 0.529. The Bertz CT molecular complexity index is 1330. The third-order valence-electron chi connectivity index (χ3n) is 5.05. The predicted octanol–water partition coefficient (Wildman–Crippen LogP) is 5.22. The van der Waals surface area contributed by atoms with Crippen LogP contribution in [0.1, 0.15) is 34.7 Å². The summed E-state index contributed by atoms with van der Waals surface area (Å²) >= 11 is 2.79. The maximum absolute atomic E-state index is 12.9. The summed E-state index contributed by atoms with van der Waals surface area (Å²) in [5.41, 5.74) is 0.410. The molecule has 5 rings (SSSR count). The van der Waals surface area contributed by atoms with Crippen LogP contribution in [0, 0.1) is 0 Å². The molecule has 1 aromatic carbocycles. The van der Waals surface area contributed by atoms with Crippen molar-refractivity contribution in [2.24, 2.45) is 0 Å². The van der Waals surface area contributed by atoms with Crippen LogP contribution in [0.5, 0.6) is 0 Å². The Hall–Kier alpha value is -2.66. The number of halogens is 3. The molecule has 1 aliphatic rings. The van der Waals surface area contributed by atoms with Gasteiger partial charge in [-0.1, -0.05) is 29.1 Å². The zero-order valence-electron chi connectivity index (χ0n) is 16.0. The first-order chi connectivity index (χ1) is 14.9. The van der Waals surface area contributed by atoms with E-state index in [-0.39, 0.29) is 28.6 Å². The fourth-order valence-electron chi connectivity index (χ4n) is 3.61. The topological polar surface area (TPSA) is 84.7 Å². The van der Waals surface area contributed by atoms with Gasteiger partial charge in [0, 0.05) is 10.4 Å². The molecule has 0 radical (unpaired) electrons. The highest BCUT2D eigenvalue weighted by molar-refractivity contribution is 7.98. The Morgan fingerprint density at radius 1 is 1.19 bits per heavy atom. The molecule has 6 nitrogen and oxygen atoms in total. The number of aryl methyl sites for hydroxylation is 2. The van der Waals surface area contributed by atoms with Gasteiger partial charge in [0.25, 0.3) is 5.56 Å². The van der Waals surface area contributed by atoms with Crippen molar-refractivity contribution in [1.82, 2.24) is 20.1 Å². The fraction of sp³-hybridized carbons (Fsp3) is 0.300. The van der Waals surface area contributed by atoms with E-state index >= 15 is 0 Å². The smallest absolute Gasteiger partial charge is 0.338 e. The average Bonchev–Trinajstić information content (AvgIpc) is 3.36. The Labute approximate surface area is 181 Å². The van der Waals surface area contributed by atoms with Gasteiger partial charge >= 0.3 is 6.18 Å². The van der Waals surface area contributed by atoms with Crippen molar-refractivity contribution in [2.45, 2.75) is 42.8 Å². The van der Waals surface area contributed by atoms with Gasteiger partial charge in [-0.15, -0.1) is 11.3 Å². The second-order valence-corrected chi connectivity index (χ2v) is 9.19. The van der Waals surface area contributed by atoms with E-state index in [1.165, 1.54) is 28.8 Å². The number of benzene rings is 1. The standard InChI is InChI=1S/C20H15F3N4O2S2/c21-20(22,23)11-5-3-4-10(8-11)16-24-14(29-27-16)9-30-19-25-17(28)15-12-6-1-2-7-13(12)31-18(15)26-19/h3-5,8H,1-2,6-7,9H2,(H,25,26,28). The van der Waals surface area contributed by atoms with Crippen molar-refractivity contribution in [1.29, 1.82) is 0 Å². The minimum absolute atomic E-state index is 0.0736. The monoisotopic (exact) mass is 464 g/mol. The lowest BCUT2D eigenvalue weighted by Crippen LogP contribution is -2.10. The first-order valence-electron chi connectivity index (χ1n) is 9.56. The molecule has 3 aromatic heterocycles. The number of fused-ring (bicyclic) bond motifs is 3. The largest absolute Gasteiger partial charge is 0.416 e. The minimum atomic E-state index is -4.45. The normalized spacial score (nSPS) is 14.2. The average molecular weight is 464 g/mol. The zero-order chi connectivity index (χ0) is 21.6. The Kier molecular flexibility index (Phi) is 5.09. The minimum Gasteiger partial charge on any atom is -0.338 e. The van der Waals surface area contributed by atoms with Crippen molar-refractivity contribution < 1.29 is 17.7 Å². The van der Waals surface area contributed by atoms with E-state index in [1.54, 1.807) is 11.3 Å². The van der Waals surface area contributed by atoms with Gasteiger partial charge in [0.1, 0.15) is 4.83 Å². The summed E-state index contributed by atoms with van der Waals surface area (Å²) in [6.45, 7) is 0. The van der Waals surface area contributed by atoms with Crippen LogP contribution >= 0.6 is 23.1 Å². The molecule has 3 heterocycles. The number of rotatable bonds is 4. The molecule has 11 heteroatoms. The number of nitrogens with one attached hydrogen (secondary N) is 1. The van der Waals surface area contributed by atoms with E-state index in [0.29, 0.717) is 10.5 Å². The lowest BCUT2D eigenvalue weighted by molar-refractivity contribution is -0.137. The first-order valence-corrected chi connectivity index (χ1v) is 11.4. The van der Waals surface area contributed by atoms with Crippen LogP contribution in [0.4, 0.5) is 13.2 Å². The van der Waals surface area contributed by atoms with E-state index < -0.39 is 11.7 Å². The van der Waals surface area contributed by atoms with Crippen molar-refractivity contribution in [3.63, 3.8) is 0 Å². The lowest BCUT2D eigenvalue weighted by atomic mass is 9.97. The summed E-state index contributed by atoms with van der Waals surface area (Å²) in [6, 6.07) is 4.75. The SMILES string of the molecule is O=c1[nH]c(SCc2nc(-c3cccc(C(F)(F)F)c3)no2)nc2sc3c(c12)CCCC3. The van der Waals surface area contributed by atoms with Crippen molar-refractivity contribution in [3.8, 4) is 11.4 Å². The van der Waals surface area contributed by atoms with Crippen LogP contribution in [-0.2, 0) is 24.8 Å². The van der Waals surface area contributed by atoms with Crippen LogP contribution in [0.15, 0.2) is 38.7 Å². The molecule has 0 unspecified atom stereocenters. The van der Waals surface area contributed by atoms with Crippen LogP contribution < -0.4 is 5.56 Å². The zero-order valence-corrected chi connectivity index (χ0v) is 17.6. The maximum atomic E-state index is 12.9. The molecule has 0 saturated heterocycles. The molecule has 0 atom stereocenters. The number of nitrogens with zero attached hydrogens (tertiary/aromatic N) is 3. The van der Waals surface area contributed by atoms with Gasteiger partial charge in [0.05, 0.1) is 16.7 Å². The van der Waals surface area contributed by atoms with E-state index in [9.17, 15) is 18.0 Å². The quantitative estimate of drug-likeness (QED) is 0.329. The third kappa shape index (κ3) is 3.99. The molecule has 0 saturated carbocycles.